The standard InChI is InChI=1S/C54H79F3N2O14/c1-12-37(41(61)18-20-45(62)58-36-16-17-40(59(66)67)39(28-36)54(55,56)57)42-19-15-29(4)48(70-42)33(8)46(63)32(7)47(64)38(13-2)49-30(5)27-31(6)52(71-49)24-22-44(69-35(10)60)53(73-52)26-25-50(11,72-53)43-21-23-51(65,14-3)34(9)68-43/h16-17,22,24,28-34,37-38,42-44,46,48-49,63,65H,12-15,18-21,23,25-27H2,1-11H3,(H,58,62)/t29-,30?,31?,32-,33?,34?,37?,38-,42+,43+,44+,46?,48+,49-,50-,51+,52-,53-/m0/s1. The minimum atomic E-state index is -5.03. The Kier molecular flexibility index (Phi) is 18.2. The van der Waals surface area contributed by atoms with Gasteiger partial charge < -0.3 is 44.0 Å². The highest BCUT2D eigenvalue weighted by molar-refractivity contribution is 5.94. The molecule has 16 nitrogen and oxygen atoms in total. The summed E-state index contributed by atoms with van der Waals surface area (Å²) in [6.07, 6.45) is -1.51. The summed E-state index contributed by atoms with van der Waals surface area (Å²) < 4.78 is 80.7. The predicted molar refractivity (Wildman–Crippen MR) is 262 cm³/mol. The number of Topliss-reactive ketones (excluding diaryl/α,β-unsaturated/α-hetero) is 2. The van der Waals surface area contributed by atoms with Gasteiger partial charge in [-0.15, -0.1) is 0 Å². The molecule has 0 radical (unpaired) electrons. The fourth-order valence-electron chi connectivity index (χ4n) is 12.5. The van der Waals surface area contributed by atoms with Crippen LogP contribution in [0.25, 0.3) is 0 Å². The van der Waals surface area contributed by atoms with Crippen molar-refractivity contribution in [2.45, 2.75) is 225 Å². The van der Waals surface area contributed by atoms with Crippen molar-refractivity contribution in [3.63, 3.8) is 0 Å². The second kappa shape index (κ2) is 22.8. The number of nitrogens with zero attached hydrogens (tertiary/aromatic N) is 1. The third-order valence-corrected chi connectivity index (χ3v) is 17.2. The summed E-state index contributed by atoms with van der Waals surface area (Å²) in [5.41, 5.74) is -4.76. The molecule has 1 aromatic carbocycles. The number of nitrogens with one attached hydrogen (secondary N) is 1. The smallest absolute Gasteiger partial charge is 0.423 e. The van der Waals surface area contributed by atoms with Crippen LogP contribution in [0, 0.1) is 51.5 Å². The van der Waals surface area contributed by atoms with Crippen molar-refractivity contribution < 1.29 is 75.9 Å². The van der Waals surface area contributed by atoms with Gasteiger partial charge in [0, 0.05) is 67.5 Å². The highest BCUT2D eigenvalue weighted by Gasteiger charge is 2.64. The van der Waals surface area contributed by atoms with Crippen LogP contribution >= 0.6 is 0 Å². The molecule has 3 N–H and O–H groups in total. The molecule has 5 aliphatic heterocycles. The third kappa shape index (κ3) is 12.2. The van der Waals surface area contributed by atoms with Crippen LogP contribution in [0.3, 0.4) is 0 Å². The normalized spacial score (nSPS) is 36.7. The number of hydrogen-bond donors (Lipinski definition) is 3. The average Bonchev–Trinajstić information content (AvgIpc) is 3.67. The number of nitro groups is 1. The maximum atomic E-state index is 14.8. The summed E-state index contributed by atoms with van der Waals surface area (Å²) in [6, 6.07) is 2.15. The van der Waals surface area contributed by atoms with Gasteiger partial charge in [-0.3, -0.25) is 29.3 Å². The van der Waals surface area contributed by atoms with Crippen molar-refractivity contribution in [3.05, 3.63) is 46.0 Å². The molecule has 4 saturated heterocycles. The summed E-state index contributed by atoms with van der Waals surface area (Å²) in [5.74, 6) is -7.53. The Morgan fingerprint density at radius 1 is 0.932 bits per heavy atom. The molecular formula is C54H79F3N2O14. The van der Waals surface area contributed by atoms with Crippen molar-refractivity contribution in [2.75, 3.05) is 5.32 Å². The van der Waals surface area contributed by atoms with E-state index >= 15 is 0 Å². The Morgan fingerprint density at radius 3 is 2.22 bits per heavy atom. The van der Waals surface area contributed by atoms with Gasteiger partial charge in [-0.25, -0.2) is 0 Å². The number of carbonyl (C=O) groups is 4. The molecule has 0 saturated carbocycles. The lowest BCUT2D eigenvalue weighted by Crippen LogP contribution is -2.63. The number of rotatable bonds is 18. The summed E-state index contributed by atoms with van der Waals surface area (Å²) in [7, 11) is 0. The molecule has 0 aliphatic carbocycles. The first kappa shape index (κ1) is 58.4. The number of halogens is 3. The highest BCUT2D eigenvalue weighted by atomic mass is 19.4. The van der Waals surface area contributed by atoms with Crippen LogP contribution in [0.4, 0.5) is 24.5 Å². The van der Waals surface area contributed by atoms with Gasteiger partial charge in [-0.1, -0.05) is 55.4 Å². The third-order valence-electron chi connectivity index (χ3n) is 17.2. The number of hydrogen-bond acceptors (Lipinski definition) is 14. The number of esters is 1. The van der Waals surface area contributed by atoms with Crippen molar-refractivity contribution in [1.29, 1.82) is 0 Å². The molecule has 5 heterocycles. The number of anilines is 1. The molecule has 18 atom stereocenters. The topological polar surface area (TPSA) is 219 Å². The van der Waals surface area contributed by atoms with E-state index in [9.17, 15) is 52.7 Å². The number of benzene rings is 1. The van der Waals surface area contributed by atoms with E-state index in [4.69, 9.17) is 28.4 Å². The second-order valence-corrected chi connectivity index (χ2v) is 22.2. The van der Waals surface area contributed by atoms with E-state index in [-0.39, 0.29) is 54.0 Å². The van der Waals surface area contributed by atoms with E-state index in [2.05, 4.69) is 5.32 Å². The number of amides is 1. The Labute approximate surface area is 427 Å². The molecule has 1 aromatic rings. The Morgan fingerprint density at radius 2 is 1.62 bits per heavy atom. The molecule has 5 aliphatic rings. The molecule has 1 amide bonds. The average molecular weight is 1040 g/mol. The van der Waals surface area contributed by atoms with E-state index in [0.29, 0.717) is 76.3 Å². The fraction of sp³-hybridized carbons (Fsp3) is 0.778. The van der Waals surface area contributed by atoms with Crippen LogP contribution in [0.1, 0.15) is 159 Å². The van der Waals surface area contributed by atoms with E-state index < -0.39 is 117 Å². The van der Waals surface area contributed by atoms with Crippen LogP contribution in [-0.4, -0.2) is 104 Å². The molecule has 2 spiro atoms. The first-order valence-corrected chi connectivity index (χ1v) is 26.5. The number of nitro benzene ring substituents is 1. The number of alkyl halides is 3. The van der Waals surface area contributed by atoms with Crippen LogP contribution < -0.4 is 5.32 Å². The van der Waals surface area contributed by atoms with E-state index in [0.717, 1.165) is 6.07 Å². The van der Waals surface area contributed by atoms with Gasteiger partial charge in [0.05, 0.1) is 52.7 Å². The molecule has 0 aromatic heterocycles. The Bertz CT molecular complexity index is 2210. The Hall–Kier alpha value is -3.85. The molecule has 6 rings (SSSR count). The number of carbonyl (C=O) groups excluding carboxylic acids is 4. The zero-order valence-corrected chi connectivity index (χ0v) is 44.3. The summed E-state index contributed by atoms with van der Waals surface area (Å²) in [4.78, 5) is 63.8. The number of aliphatic hydroxyl groups excluding tert-OH is 1. The van der Waals surface area contributed by atoms with Crippen LogP contribution in [-0.2, 0) is 53.8 Å². The van der Waals surface area contributed by atoms with Gasteiger partial charge in [0.2, 0.25) is 11.7 Å². The van der Waals surface area contributed by atoms with Crippen molar-refractivity contribution in [1.82, 2.24) is 0 Å². The first-order chi connectivity index (χ1) is 34.1. The van der Waals surface area contributed by atoms with E-state index in [1.807, 2.05) is 62.3 Å². The predicted octanol–water partition coefficient (Wildman–Crippen LogP) is 9.59. The minimum absolute atomic E-state index is 0.0411. The summed E-state index contributed by atoms with van der Waals surface area (Å²) in [5, 5.41) is 36.7. The van der Waals surface area contributed by atoms with Gasteiger partial charge >= 0.3 is 12.1 Å². The second-order valence-electron chi connectivity index (χ2n) is 22.2. The lowest BCUT2D eigenvalue weighted by molar-refractivity contribution is -0.409. The van der Waals surface area contributed by atoms with Crippen LogP contribution in [0.5, 0.6) is 0 Å². The van der Waals surface area contributed by atoms with Crippen LogP contribution in [0.15, 0.2) is 30.4 Å². The van der Waals surface area contributed by atoms with E-state index in [1.54, 1.807) is 19.1 Å². The van der Waals surface area contributed by atoms with Crippen LogP contribution in [0.2, 0.25) is 0 Å². The monoisotopic (exact) mass is 1040 g/mol. The summed E-state index contributed by atoms with van der Waals surface area (Å²) in [6.45, 7) is 20.5. The largest absolute Gasteiger partial charge is 0.453 e. The fourth-order valence-corrected chi connectivity index (χ4v) is 12.5. The maximum Gasteiger partial charge on any atom is 0.423 e. The highest BCUT2D eigenvalue weighted by Crippen LogP contribution is 2.55. The molecule has 19 heteroatoms. The lowest BCUT2D eigenvalue weighted by Gasteiger charge is -2.54. The zero-order chi connectivity index (χ0) is 54.2. The van der Waals surface area contributed by atoms with Gasteiger partial charge in [0.25, 0.3) is 5.69 Å². The summed E-state index contributed by atoms with van der Waals surface area (Å²) >= 11 is 0. The lowest BCUT2D eigenvalue weighted by atomic mass is 9.72. The van der Waals surface area contributed by atoms with Gasteiger partial charge in [0.15, 0.2) is 11.9 Å². The van der Waals surface area contributed by atoms with Gasteiger partial charge in [-0.2, -0.15) is 13.2 Å². The molecule has 4 fully saturated rings. The number of ether oxygens (including phenoxy) is 6. The molecule has 73 heavy (non-hydrogen) atoms. The number of ketones is 2. The number of aliphatic hydroxyl groups is 2. The van der Waals surface area contributed by atoms with Gasteiger partial charge in [-0.05, 0) is 108 Å². The first-order valence-electron chi connectivity index (χ1n) is 26.5. The zero-order valence-electron chi connectivity index (χ0n) is 44.3. The minimum Gasteiger partial charge on any atom is -0.453 e. The quantitative estimate of drug-likeness (QED) is 0.0540. The van der Waals surface area contributed by atoms with Gasteiger partial charge in [0.1, 0.15) is 17.1 Å². The molecule has 410 valence electrons. The molecule has 6 unspecified atom stereocenters. The molecule has 0 bridgehead atoms. The Balaban J connectivity index is 1.12. The maximum absolute atomic E-state index is 14.8. The SMILES string of the molecule is CCC(C(=O)CCC(=O)Nc1ccc([N+](=O)[O-])c(C(F)(F)F)c1)[C@H]1CC[C@H](C)[C@H](C(C)C(O)[C@H](C)C(=O)[C@H](CC)[C@H]2O[C@]3(C=C[C@@H](OC(C)=O)[C@]4(CC[C@@](C)([C@H]5CC[C@](O)(CC)C(C)O5)O4)O3)C(C)CC2C)O1. The molecular weight excluding hydrogens is 958 g/mol. The van der Waals surface area contributed by atoms with E-state index in [1.165, 1.54) is 6.92 Å². The van der Waals surface area contributed by atoms with Crippen molar-refractivity contribution >= 4 is 34.8 Å². The van der Waals surface area contributed by atoms with Crippen molar-refractivity contribution in [2.24, 2.45) is 41.4 Å². The van der Waals surface area contributed by atoms with Crippen molar-refractivity contribution in [3.8, 4) is 0 Å².